The number of nitrogens with one attached hydrogen (secondary N) is 2. The Morgan fingerprint density at radius 3 is 2.17 bits per heavy atom. The molecule has 0 bridgehead atoms. The largest absolute Gasteiger partial charge is 0.340 e. The molecule has 1 aromatic rings. The van der Waals surface area contributed by atoms with Gasteiger partial charge in [0.2, 0.25) is 0 Å². The Morgan fingerprint density at radius 1 is 1.17 bits per heavy atom. The van der Waals surface area contributed by atoms with Crippen LogP contribution in [0.1, 0.15) is 29.8 Å². The number of nitrogens with two attached hydrogens (primary N) is 1. The number of hydrogen-bond acceptors (Lipinski definition) is 3. The zero-order chi connectivity index (χ0) is 13.7. The molecule has 1 aromatic carbocycles. The van der Waals surface area contributed by atoms with Crippen molar-refractivity contribution in [3.63, 3.8) is 0 Å². The second-order valence-corrected chi connectivity index (χ2v) is 4.57. The summed E-state index contributed by atoms with van der Waals surface area (Å²) in [6, 6.07) is 6.51. The first-order valence-corrected chi connectivity index (χ1v) is 5.83. The molecular formula is C13H19N3O2. The molecule has 4 N–H and O–H groups in total. The topological polar surface area (TPSA) is 84.2 Å². The van der Waals surface area contributed by atoms with Crippen molar-refractivity contribution >= 4 is 11.8 Å². The van der Waals surface area contributed by atoms with Crippen molar-refractivity contribution in [2.75, 3.05) is 0 Å². The first-order valence-electron chi connectivity index (χ1n) is 5.83. The van der Waals surface area contributed by atoms with E-state index in [1.54, 1.807) is 12.1 Å². The summed E-state index contributed by atoms with van der Waals surface area (Å²) in [4.78, 5) is 23.5. The Hall–Kier alpha value is -1.88. The quantitative estimate of drug-likeness (QED) is 0.418. The van der Waals surface area contributed by atoms with Crippen LogP contribution in [-0.2, 0) is 4.79 Å². The van der Waals surface area contributed by atoms with Crippen molar-refractivity contribution < 1.29 is 9.59 Å². The number of rotatable bonds is 4. The standard InChI is InChI=1S/C13H19N3O2/c1-8(2)11(13(18)16-14)15-12(17)10-6-4-9(3)5-7-10/h4-8,11H,14H2,1-3H3,(H,15,17)(H,16,18)/t11-/m1/s1. The minimum atomic E-state index is -0.635. The molecule has 0 spiro atoms. The lowest BCUT2D eigenvalue weighted by Gasteiger charge is -2.20. The van der Waals surface area contributed by atoms with Crippen LogP contribution in [0.15, 0.2) is 24.3 Å². The summed E-state index contributed by atoms with van der Waals surface area (Å²) in [5.74, 6) is 4.38. The van der Waals surface area contributed by atoms with Crippen molar-refractivity contribution in [1.29, 1.82) is 0 Å². The minimum Gasteiger partial charge on any atom is -0.340 e. The van der Waals surface area contributed by atoms with Gasteiger partial charge < -0.3 is 5.32 Å². The highest BCUT2D eigenvalue weighted by atomic mass is 16.2. The Labute approximate surface area is 107 Å². The van der Waals surface area contributed by atoms with Crippen LogP contribution in [0, 0.1) is 12.8 Å². The van der Waals surface area contributed by atoms with E-state index in [4.69, 9.17) is 5.84 Å². The van der Waals surface area contributed by atoms with Crippen LogP contribution in [-0.4, -0.2) is 17.9 Å². The van der Waals surface area contributed by atoms with Crippen molar-refractivity contribution in [1.82, 2.24) is 10.7 Å². The fourth-order valence-corrected chi connectivity index (χ4v) is 1.55. The molecule has 5 heteroatoms. The van der Waals surface area contributed by atoms with Gasteiger partial charge in [-0.25, -0.2) is 5.84 Å². The second kappa shape index (κ2) is 6.16. The van der Waals surface area contributed by atoms with Gasteiger partial charge in [-0.05, 0) is 25.0 Å². The lowest BCUT2D eigenvalue weighted by Crippen LogP contribution is -2.51. The van der Waals surface area contributed by atoms with Gasteiger partial charge in [0, 0.05) is 5.56 Å². The van der Waals surface area contributed by atoms with Gasteiger partial charge in [0.15, 0.2) is 0 Å². The van der Waals surface area contributed by atoms with Gasteiger partial charge >= 0.3 is 0 Å². The van der Waals surface area contributed by atoms with Crippen LogP contribution in [0.5, 0.6) is 0 Å². The second-order valence-electron chi connectivity index (χ2n) is 4.57. The summed E-state index contributed by atoms with van der Waals surface area (Å²) in [6.07, 6.45) is 0. The maximum Gasteiger partial charge on any atom is 0.256 e. The molecular weight excluding hydrogens is 230 g/mol. The SMILES string of the molecule is Cc1ccc(C(=O)N[C@@H](C(=O)NN)C(C)C)cc1. The van der Waals surface area contributed by atoms with Gasteiger partial charge in [-0.3, -0.25) is 15.0 Å². The molecule has 18 heavy (non-hydrogen) atoms. The number of hydrogen-bond donors (Lipinski definition) is 3. The molecule has 0 radical (unpaired) electrons. The molecule has 0 aliphatic carbocycles. The fourth-order valence-electron chi connectivity index (χ4n) is 1.55. The molecule has 0 unspecified atom stereocenters. The fraction of sp³-hybridized carbons (Fsp3) is 0.385. The van der Waals surface area contributed by atoms with Crippen molar-refractivity contribution in [3.8, 4) is 0 Å². The maximum absolute atomic E-state index is 12.0. The van der Waals surface area contributed by atoms with Gasteiger partial charge in [-0.2, -0.15) is 0 Å². The van der Waals surface area contributed by atoms with Crippen molar-refractivity contribution in [2.45, 2.75) is 26.8 Å². The Bertz CT molecular complexity index is 426. The summed E-state index contributed by atoms with van der Waals surface area (Å²) in [5, 5.41) is 2.67. The molecule has 0 saturated heterocycles. The molecule has 98 valence electrons. The number of carbonyl (C=O) groups excluding carboxylic acids is 2. The van der Waals surface area contributed by atoms with E-state index in [0.717, 1.165) is 5.56 Å². The van der Waals surface area contributed by atoms with Gasteiger partial charge in [0.25, 0.3) is 11.8 Å². The number of amides is 2. The Balaban J connectivity index is 2.78. The first-order chi connectivity index (χ1) is 8.45. The smallest absolute Gasteiger partial charge is 0.256 e. The Kier molecular flexibility index (Phi) is 4.85. The van der Waals surface area contributed by atoms with Crippen LogP contribution in [0.2, 0.25) is 0 Å². The van der Waals surface area contributed by atoms with Crippen LogP contribution in [0.4, 0.5) is 0 Å². The monoisotopic (exact) mass is 249 g/mol. The van der Waals surface area contributed by atoms with Crippen molar-refractivity contribution in [2.24, 2.45) is 11.8 Å². The minimum absolute atomic E-state index is 0.0389. The number of carbonyl (C=O) groups is 2. The first kappa shape index (κ1) is 14.2. The average molecular weight is 249 g/mol. The Morgan fingerprint density at radius 2 is 1.72 bits per heavy atom. The number of aryl methyl sites for hydroxylation is 1. The molecule has 0 fully saturated rings. The van der Waals surface area contributed by atoms with E-state index >= 15 is 0 Å². The molecule has 1 rings (SSSR count). The lowest BCUT2D eigenvalue weighted by molar-refractivity contribution is -0.124. The van der Waals surface area contributed by atoms with Gasteiger partial charge in [-0.15, -0.1) is 0 Å². The third kappa shape index (κ3) is 3.56. The average Bonchev–Trinajstić information content (AvgIpc) is 2.35. The summed E-state index contributed by atoms with van der Waals surface area (Å²) >= 11 is 0. The van der Waals surface area contributed by atoms with Gasteiger partial charge in [-0.1, -0.05) is 31.5 Å². The van der Waals surface area contributed by atoms with E-state index in [1.165, 1.54) is 0 Å². The van der Waals surface area contributed by atoms with Crippen molar-refractivity contribution in [3.05, 3.63) is 35.4 Å². The van der Waals surface area contributed by atoms with E-state index in [2.05, 4.69) is 10.7 Å². The highest BCUT2D eigenvalue weighted by molar-refractivity contribution is 5.97. The number of benzene rings is 1. The molecule has 1 atom stereocenters. The normalized spacial score (nSPS) is 12.1. The molecule has 2 amide bonds. The summed E-state index contributed by atoms with van der Waals surface area (Å²) in [5.41, 5.74) is 3.66. The van der Waals surface area contributed by atoms with Crippen LogP contribution < -0.4 is 16.6 Å². The van der Waals surface area contributed by atoms with E-state index in [-0.39, 0.29) is 11.8 Å². The van der Waals surface area contributed by atoms with Crippen LogP contribution >= 0.6 is 0 Å². The molecule has 0 aliphatic heterocycles. The summed E-state index contributed by atoms with van der Waals surface area (Å²) < 4.78 is 0. The van der Waals surface area contributed by atoms with Gasteiger partial charge in [0.05, 0.1) is 0 Å². The van der Waals surface area contributed by atoms with E-state index in [9.17, 15) is 9.59 Å². The molecule has 0 aromatic heterocycles. The highest BCUT2D eigenvalue weighted by Gasteiger charge is 2.23. The summed E-state index contributed by atoms with van der Waals surface area (Å²) in [7, 11) is 0. The van der Waals surface area contributed by atoms with E-state index in [1.807, 2.05) is 32.9 Å². The van der Waals surface area contributed by atoms with Crippen LogP contribution in [0.3, 0.4) is 0 Å². The molecule has 0 aliphatic rings. The molecule has 5 nitrogen and oxygen atoms in total. The zero-order valence-electron chi connectivity index (χ0n) is 10.9. The summed E-state index contributed by atoms with van der Waals surface area (Å²) in [6.45, 7) is 5.63. The zero-order valence-corrected chi connectivity index (χ0v) is 10.9. The van der Waals surface area contributed by atoms with Gasteiger partial charge in [0.1, 0.15) is 6.04 Å². The predicted octanol–water partition coefficient (Wildman–Crippen LogP) is 0.739. The maximum atomic E-state index is 12.0. The third-order valence-electron chi connectivity index (χ3n) is 2.69. The highest BCUT2D eigenvalue weighted by Crippen LogP contribution is 2.06. The lowest BCUT2D eigenvalue weighted by atomic mass is 10.0. The predicted molar refractivity (Wildman–Crippen MR) is 69.6 cm³/mol. The van der Waals surface area contributed by atoms with Crippen LogP contribution in [0.25, 0.3) is 0 Å². The van der Waals surface area contributed by atoms with E-state index in [0.29, 0.717) is 5.56 Å². The third-order valence-corrected chi connectivity index (χ3v) is 2.69. The molecule has 0 saturated carbocycles. The molecule has 0 heterocycles. The van der Waals surface area contributed by atoms with E-state index < -0.39 is 11.9 Å². The number of hydrazine groups is 1.